The van der Waals surface area contributed by atoms with Crippen LogP contribution in [0.2, 0.25) is 0 Å². The molecule has 216 valence electrons. The quantitative estimate of drug-likeness (QED) is 0.305. The van der Waals surface area contributed by atoms with Crippen LogP contribution >= 0.6 is 0 Å². The fourth-order valence-corrected chi connectivity index (χ4v) is 4.60. The first-order chi connectivity index (χ1) is 19.9. The standard InChI is InChI=1S/C20H23N3O3.C11H15N3O/c1-13-15(8-4-10-17(13)26-2)19(24)23-16-9-5-11-21-18(16)20(25)22-12-14-6-3-7-14;12-9-5-2-6-13-10(9)11(15)14-7-8-3-1-4-8/h4-5,8-11,14H,3,6-7,12H2,1-2H3,(H,22,25)(H,23,24);2,5-6,8H,1,3-4,7,12H2,(H,14,15). The number of benzene rings is 1. The van der Waals surface area contributed by atoms with Crippen molar-refractivity contribution in [3.8, 4) is 5.75 Å². The Kier molecular flexibility index (Phi) is 10.3. The third-order valence-corrected chi connectivity index (χ3v) is 7.63. The summed E-state index contributed by atoms with van der Waals surface area (Å²) in [5.74, 6) is 1.11. The lowest BCUT2D eigenvalue weighted by Gasteiger charge is -2.25. The largest absolute Gasteiger partial charge is 0.496 e. The molecule has 1 aromatic carbocycles. The summed E-state index contributed by atoms with van der Waals surface area (Å²) in [6.07, 6.45) is 10.4. The Balaban J connectivity index is 0.000000218. The van der Waals surface area contributed by atoms with E-state index in [0.717, 1.165) is 24.9 Å². The van der Waals surface area contributed by atoms with Gasteiger partial charge in [0.2, 0.25) is 0 Å². The molecular weight excluding hydrogens is 520 g/mol. The third-order valence-electron chi connectivity index (χ3n) is 7.63. The zero-order chi connectivity index (χ0) is 29.2. The molecule has 0 unspecified atom stereocenters. The number of rotatable bonds is 9. The highest BCUT2D eigenvalue weighted by Crippen LogP contribution is 2.26. The predicted octanol–water partition coefficient (Wildman–Crippen LogP) is 4.37. The van der Waals surface area contributed by atoms with Crippen LogP contribution in [0.25, 0.3) is 0 Å². The number of pyridine rings is 2. The Labute approximate surface area is 240 Å². The van der Waals surface area contributed by atoms with Crippen molar-refractivity contribution in [2.24, 2.45) is 11.8 Å². The number of nitrogens with zero attached hydrogens (tertiary/aromatic N) is 2. The molecule has 41 heavy (non-hydrogen) atoms. The first kappa shape index (κ1) is 29.5. The maximum absolute atomic E-state index is 12.7. The van der Waals surface area contributed by atoms with E-state index in [1.807, 2.05) is 6.92 Å². The Bertz CT molecular complexity index is 1370. The third kappa shape index (κ3) is 7.81. The molecule has 0 spiro atoms. The second-order valence-electron chi connectivity index (χ2n) is 10.4. The number of carbonyl (C=O) groups excluding carboxylic acids is 3. The minimum Gasteiger partial charge on any atom is -0.496 e. The summed E-state index contributed by atoms with van der Waals surface area (Å²) in [4.78, 5) is 44.9. The summed E-state index contributed by atoms with van der Waals surface area (Å²) in [5.41, 5.74) is 8.27. The molecule has 2 aliphatic carbocycles. The molecule has 5 N–H and O–H groups in total. The van der Waals surface area contributed by atoms with Crippen molar-refractivity contribution in [3.63, 3.8) is 0 Å². The van der Waals surface area contributed by atoms with Crippen molar-refractivity contribution in [2.75, 3.05) is 31.2 Å². The summed E-state index contributed by atoms with van der Waals surface area (Å²) in [7, 11) is 1.57. The smallest absolute Gasteiger partial charge is 0.272 e. The van der Waals surface area contributed by atoms with Crippen molar-refractivity contribution < 1.29 is 19.1 Å². The van der Waals surface area contributed by atoms with Crippen LogP contribution in [0.5, 0.6) is 5.75 Å². The van der Waals surface area contributed by atoms with Crippen molar-refractivity contribution >= 4 is 29.1 Å². The monoisotopic (exact) mass is 558 g/mol. The number of ether oxygens (including phenoxy) is 1. The molecule has 2 aliphatic rings. The van der Waals surface area contributed by atoms with Gasteiger partial charge in [-0.3, -0.25) is 14.4 Å². The van der Waals surface area contributed by atoms with E-state index in [9.17, 15) is 14.4 Å². The maximum atomic E-state index is 12.7. The molecule has 10 heteroatoms. The zero-order valence-electron chi connectivity index (χ0n) is 23.6. The number of hydrogen-bond acceptors (Lipinski definition) is 7. The summed E-state index contributed by atoms with van der Waals surface area (Å²) < 4.78 is 5.26. The Morgan fingerprint density at radius 1 is 0.829 bits per heavy atom. The highest BCUT2D eigenvalue weighted by Gasteiger charge is 2.22. The number of methoxy groups -OCH3 is 1. The van der Waals surface area contributed by atoms with E-state index >= 15 is 0 Å². The molecule has 2 heterocycles. The van der Waals surface area contributed by atoms with Crippen LogP contribution < -0.4 is 26.4 Å². The number of nitrogen functional groups attached to an aromatic ring is 1. The van der Waals surface area contributed by atoms with Gasteiger partial charge in [-0.1, -0.05) is 18.9 Å². The van der Waals surface area contributed by atoms with Crippen molar-refractivity contribution in [2.45, 2.75) is 45.4 Å². The van der Waals surface area contributed by atoms with Crippen molar-refractivity contribution in [1.82, 2.24) is 20.6 Å². The van der Waals surface area contributed by atoms with Crippen LogP contribution in [0.15, 0.2) is 54.9 Å². The summed E-state index contributed by atoms with van der Waals surface area (Å²) >= 11 is 0. The molecule has 2 fully saturated rings. The van der Waals surface area contributed by atoms with Gasteiger partial charge in [0.15, 0.2) is 11.4 Å². The number of nitrogens with one attached hydrogen (secondary N) is 3. The molecule has 0 atom stereocenters. The van der Waals surface area contributed by atoms with Crippen LogP contribution in [0, 0.1) is 18.8 Å². The van der Waals surface area contributed by atoms with Crippen LogP contribution in [0.4, 0.5) is 11.4 Å². The lowest BCUT2D eigenvalue weighted by atomic mass is 9.85. The van der Waals surface area contributed by atoms with Crippen LogP contribution in [0.3, 0.4) is 0 Å². The van der Waals surface area contributed by atoms with Crippen LogP contribution in [-0.2, 0) is 0 Å². The fraction of sp³-hybridized carbons (Fsp3) is 0.387. The normalized spacial score (nSPS) is 14.4. The summed E-state index contributed by atoms with van der Waals surface area (Å²) in [6, 6.07) is 12.1. The number of aromatic nitrogens is 2. The second kappa shape index (κ2) is 14.2. The summed E-state index contributed by atoms with van der Waals surface area (Å²) in [5, 5.41) is 8.57. The molecule has 3 aromatic rings. The topological polar surface area (TPSA) is 148 Å². The van der Waals surface area contributed by atoms with Gasteiger partial charge in [-0.05, 0) is 80.8 Å². The molecule has 3 amide bonds. The Morgan fingerprint density at radius 2 is 1.41 bits per heavy atom. The predicted molar refractivity (Wildman–Crippen MR) is 158 cm³/mol. The van der Waals surface area contributed by atoms with Gasteiger partial charge in [0, 0.05) is 36.6 Å². The van der Waals surface area contributed by atoms with Crippen molar-refractivity contribution in [3.05, 3.63) is 77.4 Å². The zero-order valence-corrected chi connectivity index (χ0v) is 23.6. The van der Waals surface area contributed by atoms with Crippen molar-refractivity contribution in [1.29, 1.82) is 0 Å². The number of amides is 3. The molecule has 10 nitrogen and oxygen atoms in total. The number of carbonyl (C=O) groups is 3. The number of anilines is 2. The lowest BCUT2D eigenvalue weighted by Crippen LogP contribution is -2.33. The van der Waals surface area contributed by atoms with Gasteiger partial charge in [-0.15, -0.1) is 0 Å². The van der Waals surface area contributed by atoms with Gasteiger partial charge in [-0.2, -0.15) is 0 Å². The van der Waals surface area contributed by atoms with Gasteiger partial charge in [0.05, 0.1) is 18.5 Å². The number of nitrogens with two attached hydrogens (primary N) is 1. The van der Waals surface area contributed by atoms with E-state index in [1.165, 1.54) is 25.7 Å². The van der Waals surface area contributed by atoms with E-state index in [2.05, 4.69) is 25.9 Å². The lowest BCUT2D eigenvalue weighted by molar-refractivity contribution is 0.0927. The summed E-state index contributed by atoms with van der Waals surface area (Å²) in [6.45, 7) is 3.22. The highest BCUT2D eigenvalue weighted by atomic mass is 16.5. The molecule has 2 saturated carbocycles. The molecule has 0 radical (unpaired) electrons. The first-order valence-corrected chi connectivity index (χ1v) is 14.0. The van der Waals surface area contributed by atoms with E-state index in [-0.39, 0.29) is 23.4 Å². The minimum atomic E-state index is -0.303. The van der Waals surface area contributed by atoms with Crippen LogP contribution in [-0.4, -0.2) is 47.9 Å². The van der Waals surface area contributed by atoms with Gasteiger partial charge in [0.25, 0.3) is 17.7 Å². The average molecular weight is 559 g/mol. The average Bonchev–Trinajstić information content (AvgIpc) is 2.92. The molecular formula is C31H38N6O4. The second-order valence-corrected chi connectivity index (χ2v) is 10.4. The number of hydrogen-bond donors (Lipinski definition) is 4. The van der Waals surface area contributed by atoms with E-state index in [1.54, 1.807) is 62.0 Å². The van der Waals surface area contributed by atoms with Gasteiger partial charge >= 0.3 is 0 Å². The molecule has 0 bridgehead atoms. The molecule has 2 aromatic heterocycles. The van der Waals surface area contributed by atoms with E-state index < -0.39 is 0 Å². The maximum Gasteiger partial charge on any atom is 0.272 e. The minimum absolute atomic E-state index is 0.167. The molecule has 5 rings (SSSR count). The van der Waals surface area contributed by atoms with E-state index in [4.69, 9.17) is 10.5 Å². The molecule has 0 aliphatic heterocycles. The first-order valence-electron chi connectivity index (χ1n) is 14.0. The van der Waals surface area contributed by atoms with Gasteiger partial charge in [-0.25, -0.2) is 9.97 Å². The van der Waals surface area contributed by atoms with Crippen LogP contribution in [0.1, 0.15) is 75.4 Å². The molecule has 0 saturated heterocycles. The SMILES string of the molecule is COc1cccc(C(=O)Nc2cccnc2C(=O)NCC2CCC2)c1C.Nc1cccnc1C(=O)NCC1CCC1. The van der Waals surface area contributed by atoms with Gasteiger partial charge < -0.3 is 26.4 Å². The fourth-order valence-electron chi connectivity index (χ4n) is 4.60. The Hall–Kier alpha value is -4.47. The highest BCUT2D eigenvalue weighted by molar-refractivity contribution is 6.09. The Morgan fingerprint density at radius 3 is 1.98 bits per heavy atom. The van der Waals surface area contributed by atoms with Gasteiger partial charge in [0.1, 0.15) is 5.75 Å². The van der Waals surface area contributed by atoms with E-state index in [0.29, 0.717) is 46.8 Å².